The number of hydrogen-bond donors (Lipinski definition) is 2. The summed E-state index contributed by atoms with van der Waals surface area (Å²) in [6.07, 6.45) is 9.54. The normalized spacial score (nSPS) is 25.8. The molecule has 1 heterocycles. The Labute approximate surface area is 123 Å². The number of guanidine groups is 1. The highest BCUT2D eigenvalue weighted by Crippen LogP contribution is 2.32. The van der Waals surface area contributed by atoms with Crippen molar-refractivity contribution in [3.05, 3.63) is 0 Å². The summed E-state index contributed by atoms with van der Waals surface area (Å²) in [6.45, 7) is 6.62. The number of likely N-dealkylation sites (tertiary alicyclic amines) is 1. The van der Waals surface area contributed by atoms with Crippen molar-refractivity contribution in [1.29, 1.82) is 0 Å². The van der Waals surface area contributed by atoms with Gasteiger partial charge in [0.05, 0.1) is 0 Å². The minimum Gasteiger partial charge on any atom is -0.357 e. The number of nitrogens with one attached hydrogen (secondary N) is 2. The van der Waals surface area contributed by atoms with Gasteiger partial charge in [-0.15, -0.1) is 0 Å². The smallest absolute Gasteiger partial charge is 0.191 e. The van der Waals surface area contributed by atoms with Gasteiger partial charge in [0.2, 0.25) is 0 Å². The molecule has 0 aromatic carbocycles. The summed E-state index contributed by atoms with van der Waals surface area (Å²) >= 11 is 0. The lowest BCUT2D eigenvalue weighted by atomic mass is 10.1. The Kier molecular flexibility index (Phi) is 4.81. The van der Waals surface area contributed by atoms with Gasteiger partial charge in [0.15, 0.2) is 5.96 Å². The number of nitrogens with zero attached hydrogens (tertiary/aromatic N) is 2. The summed E-state index contributed by atoms with van der Waals surface area (Å²) < 4.78 is 0. The summed E-state index contributed by atoms with van der Waals surface area (Å²) in [5.74, 6) is 2.02. The van der Waals surface area contributed by atoms with Gasteiger partial charge in [-0.05, 0) is 44.9 Å². The molecule has 4 heteroatoms. The predicted octanol–water partition coefficient (Wildman–Crippen LogP) is 1.97. The van der Waals surface area contributed by atoms with Crippen molar-refractivity contribution in [3.63, 3.8) is 0 Å². The minimum atomic E-state index is 0.615. The van der Waals surface area contributed by atoms with E-state index >= 15 is 0 Å². The van der Waals surface area contributed by atoms with Gasteiger partial charge in [0.1, 0.15) is 0 Å². The van der Waals surface area contributed by atoms with Gasteiger partial charge in [0, 0.05) is 38.3 Å². The van der Waals surface area contributed by atoms with Crippen LogP contribution < -0.4 is 10.6 Å². The van der Waals surface area contributed by atoms with Gasteiger partial charge < -0.3 is 15.5 Å². The van der Waals surface area contributed by atoms with Gasteiger partial charge in [-0.25, -0.2) is 0 Å². The molecule has 1 aliphatic heterocycles. The molecule has 20 heavy (non-hydrogen) atoms. The van der Waals surface area contributed by atoms with E-state index < -0.39 is 0 Å². The highest BCUT2D eigenvalue weighted by atomic mass is 15.2. The zero-order valence-electron chi connectivity index (χ0n) is 12.9. The van der Waals surface area contributed by atoms with Crippen LogP contribution in [0.15, 0.2) is 4.99 Å². The summed E-state index contributed by atoms with van der Waals surface area (Å²) in [5.41, 5.74) is 0. The first-order valence-electron chi connectivity index (χ1n) is 8.64. The molecular formula is C16H30N4. The van der Waals surface area contributed by atoms with Crippen molar-refractivity contribution in [3.8, 4) is 0 Å². The first-order chi connectivity index (χ1) is 9.85. The highest BCUT2D eigenvalue weighted by Gasteiger charge is 2.31. The fraction of sp³-hybridized carbons (Fsp3) is 0.938. The van der Waals surface area contributed by atoms with Crippen molar-refractivity contribution in [2.24, 2.45) is 10.9 Å². The molecule has 114 valence electrons. The Morgan fingerprint density at radius 3 is 2.45 bits per heavy atom. The number of rotatable bonds is 6. The topological polar surface area (TPSA) is 39.7 Å². The summed E-state index contributed by atoms with van der Waals surface area (Å²) in [5, 5.41) is 7.04. The van der Waals surface area contributed by atoms with Crippen LogP contribution in [0.1, 0.15) is 51.9 Å². The van der Waals surface area contributed by atoms with Crippen LogP contribution in [-0.2, 0) is 0 Å². The second-order valence-corrected chi connectivity index (χ2v) is 6.68. The SMILES string of the molecule is CCNC(=NCCC1CC1)NC1CCN(C2CC2)CC1. The molecule has 0 aromatic heterocycles. The predicted molar refractivity (Wildman–Crippen MR) is 84.1 cm³/mol. The maximum atomic E-state index is 4.74. The molecular weight excluding hydrogens is 248 g/mol. The summed E-state index contributed by atoms with van der Waals surface area (Å²) in [6, 6.07) is 1.54. The Morgan fingerprint density at radius 2 is 1.85 bits per heavy atom. The van der Waals surface area contributed by atoms with Crippen LogP contribution in [0.3, 0.4) is 0 Å². The maximum Gasteiger partial charge on any atom is 0.191 e. The zero-order valence-corrected chi connectivity index (χ0v) is 12.9. The standard InChI is InChI=1S/C16H30N4/c1-2-17-16(18-10-7-13-3-4-13)19-14-8-11-20(12-9-14)15-5-6-15/h13-15H,2-12H2,1H3,(H2,17,18,19). The largest absolute Gasteiger partial charge is 0.357 e. The van der Waals surface area contributed by atoms with Gasteiger partial charge >= 0.3 is 0 Å². The third kappa shape index (κ3) is 4.37. The van der Waals surface area contributed by atoms with Gasteiger partial charge in [-0.2, -0.15) is 0 Å². The van der Waals surface area contributed by atoms with Crippen LogP contribution in [0.5, 0.6) is 0 Å². The van der Waals surface area contributed by atoms with E-state index in [4.69, 9.17) is 4.99 Å². The van der Waals surface area contributed by atoms with E-state index in [0.717, 1.165) is 31.0 Å². The Morgan fingerprint density at radius 1 is 1.10 bits per heavy atom. The molecule has 0 amide bonds. The van der Waals surface area contributed by atoms with E-state index in [9.17, 15) is 0 Å². The van der Waals surface area contributed by atoms with Gasteiger partial charge in [-0.1, -0.05) is 12.8 Å². The van der Waals surface area contributed by atoms with Crippen LogP contribution in [0, 0.1) is 5.92 Å². The number of piperidine rings is 1. The first kappa shape index (κ1) is 14.2. The van der Waals surface area contributed by atoms with Crippen LogP contribution in [-0.4, -0.2) is 49.1 Å². The lowest BCUT2D eigenvalue weighted by molar-refractivity contribution is 0.197. The van der Waals surface area contributed by atoms with Gasteiger partial charge in [-0.3, -0.25) is 4.99 Å². The molecule has 3 aliphatic rings. The van der Waals surface area contributed by atoms with Crippen molar-refractivity contribution < 1.29 is 0 Å². The monoisotopic (exact) mass is 278 g/mol. The molecule has 4 nitrogen and oxygen atoms in total. The van der Waals surface area contributed by atoms with Crippen LogP contribution in [0.25, 0.3) is 0 Å². The van der Waals surface area contributed by atoms with E-state index in [1.54, 1.807) is 0 Å². The second kappa shape index (κ2) is 6.79. The molecule has 0 spiro atoms. The number of aliphatic imine (C=N–C) groups is 1. The van der Waals surface area contributed by atoms with Crippen LogP contribution >= 0.6 is 0 Å². The highest BCUT2D eigenvalue weighted by molar-refractivity contribution is 5.80. The lowest BCUT2D eigenvalue weighted by Gasteiger charge is -2.33. The van der Waals surface area contributed by atoms with Crippen molar-refractivity contribution in [2.75, 3.05) is 26.2 Å². The molecule has 0 bridgehead atoms. The third-order valence-electron chi connectivity index (χ3n) is 4.78. The minimum absolute atomic E-state index is 0.615. The quantitative estimate of drug-likeness (QED) is 0.576. The van der Waals surface area contributed by atoms with E-state index in [1.807, 2.05) is 0 Å². The van der Waals surface area contributed by atoms with Crippen molar-refractivity contribution in [1.82, 2.24) is 15.5 Å². The molecule has 0 aromatic rings. The van der Waals surface area contributed by atoms with Crippen LogP contribution in [0.4, 0.5) is 0 Å². The van der Waals surface area contributed by atoms with E-state index in [1.165, 1.54) is 58.0 Å². The molecule has 1 saturated heterocycles. The third-order valence-corrected chi connectivity index (χ3v) is 4.78. The van der Waals surface area contributed by atoms with E-state index in [2.05, 4.69) is 22.5 Å². The molecule has 0 atom stereocenters. The van der Waals surface area contributed by atoms with Gasteiger partial charge in [0.25, 0.3) is 0 Å². The fourth-order valence-corrected chi connectivity index (χ4v) is 3.13. The summed E-state index contributed by atoms with van der Waals surface area (Å²) in [7, 11) is 0. The average molecular weight is 278 g/mol. The van der Waals surface area contributed by atoms with Crippen molar-refractivity contribution >= 4 is 5.96 Å². The number of hydrogen-bond acceptors (Lipinski definition) is 2. The average Bonchev–Trinajstić information content (AvgIpc) is 3.33. The Balaban J connectivity index is 1.40. The van der Waals surface area contributed by atoms with E-state index in [-0.39, 0.29) is 0 Å². The molecule has 2 aliphatic carbocycles. The molecule has 2 saturated carbocycles. The Hall–Kier alpha value is -0.770. The fourth-order valence-electron chi connectivity index (χ4n) is 3.13. The zero-order chi connectivity index (χ0) is 13.8. The second-order valence-electron chi connectivity index (χ2n) is 6.68. The molecule has 0 unspecified atom stereocenters. The lowest BCUT2D eigenvalue weighted by Crippen LogP contribution is -2.49. The van der Waals surface area contributed by atoms with Crippen LogP contribution in [0.2, 0.25) is 0 Å². The molecule has 3 rings (SSSR count). The van der Waals surface area contributed by atoms with E-state index in [0.29, 0.717) is 6.04 Å². The maximum absolute atomic E-state index is 4.74. The Bertz CT molecular complexity index is 325. The molecule has 3 fully saturated rings. The summed E-state index contributed by atoms with van der Waals surface area (Å²) in [4.78, 5) is 7.41. The first-order valence-corrected chi connectivity index (χ1v) is 8.64. The van der Waals surface area contributed by atoms with Crippen molar-refractivity contribution in [2.45, 2.75) is 64.0 Å². The molecule has 2 N–H and O–H groups in total. The molecule has 0 radical (unpaired) electrons.